The van der Waals surface area contributed by atoms with Crippen molar-refractivity contribution >= 4 is 11.8 Å². The van der Waals surface area contributed by atoms with E-state index in [-0.39, 0.29) is 19.2 Å². The van der Waals surface area contributed by atoms with Crippen LogP contribution in [0.3, 0.4) is 0 Å². The zero-order valence-corrected chi connectivity index (χ0v) is 9.17. The number of rotatable bonds is 5. The third kappa shape index (κ3) is 3.63. The molecule has 0 amide bonds. The molecule has 0 aliphatic carbocycles. The van der Waals surface area contributed by atoms with Crippen molar-refractivity contribution in [3.05, 3.63) is 12.3 Å². The summed E-state index contributed by atoms with van der Waals surface area (Å²) in [5, 5.41) is 0. The van der Waals surface area contributed by atoms with Gasteiger partial charge in [0.15, 0.2) is 18.0 Å². The third-order valence-corrected chi connectivity index (χ3v) is 1.92. The van der Waals surface area contributed by atoms with Gasteiger partial charge in [-0.25, -0.2) is 0 Å². The second-order valence-corrected chi connectivity index (χ2v) is 3.18. The standard InChI is InChI=1S/C10H14O6/c1-7(11)15-5-9-10(16-6-13-2)8(12)3-4-14-9/h3-4,9-10H,5-6H2,1-2H3/t9-,10+/m1/s1. The normalized spacial score (nSPS) is 24.0. The first-order valence-electron chi connectivity index (χ1n) is 4.75. The van der Waals surface area contributed by atoms with E-state index in [9.17, 15) is 9.59 Å². The maximum atomic E-state index is 11.5. The summed E-state index contributed by atoms with van der Waals surface area (Å²) >= 11 is 0. The highest BCUT2D eigenvalue weighted by Gasteiger charge is 2.32. The predicted molar refractivity (Wildman–Crippen MR) is 52.4 cm³/mol. The molecule has 0 N–H and O–H groups in total. The number of hydrogen-bond acceptors (Lipinski definition) is 6. The molecule has 0 aromatic heterocycles. The van der Waals surface area contributed by atoms with Crippen molar-refractivity contribution < 1.29 is 28.5 Å². The van der Waals surface area contributed by atoms with Gasteiger partial charge in [-0.05, 0) is 0 Å². The number of esters is 1. The Morgan fingerprint density at radius 1 is 1.56 bits per heavy atom. The Hall–Kier alpha value is -1.40. The Morgan fingerprint density at radius 3 is 2.94 bits per heavy atom. The van der Waals surface area contributed by atoms with Crippen LogP contribution in [0.2, 0.25) is 0 Å². The first kappa shape index (κ1) is 12.7. The number of ketones is 1. The van der Waals surface area contributed by atoms with Gasteiger partial charge in [0.1, 0.15) is 13.4 Å². The number of methoxy groups -OCH3 is 1. The fraction of sp³-hybridized carbons (Fsp3) is 0.600. The monoisotopic (exact) mass is 230 g/mol. The first-order chi connectivity index (χ1) is 7.65. The molecule has 0 fully saturated rings. The summed E-state index contributed by atoms with van der Waals surface area (Å²) in [6.07, 6.45) is 1.11. The highest BCUT2D eigenvalue weighted by atomic mass is 16.7. The summed E-state index contributed by atoms with van der Waals surface area (Å²) in [7, 11) is 1.45. The average Bonchev–Trinajstić information content (AvgIpc) is 2.25. The first-order valence-corrected chi connectivity index (χ1v) is 4.75. The van der Waals surface area contributed by atoms with Gasteiger partial charge in [0, 0.05) is 20.1 Å². The minimum absolute atomic E-state index is 0.0236. The molecule has 90 valence electrons. The maximum absolute atomic E-state index is 11.5. The minimum Gasteiger partial charge on any atom is -0.491 e. The molecule has 2 atom stereocenters. The van der Waals surface area contributed by atoms with Crippen LogP contribution in [0, 0.1) is 0 Å². The molecule has 0 bridgehead atoms. The van der Waals surface area contributed by atoms with Crippen LogP contribution < -0.4 is 0 Å². The molecule has 1 aliphatic rings. The molecule has 6 heteroatoms. The van der Waals surface area contributed by atoms with Crippen molar-refractivity contribution in [1.82, 2.24) is 0 Å². The lowest BCUT2D eigenvalue weighted by Gasteiger charge is -2.26. The third-order valence-electron chi connectivity index (χ3n) is 1.92. The maximum Gasteiger partial charge on any atom is 0.302 e. The lowest BCUT2D eigenvalue weighted by Crippen LogP contribution is -2.42. The topological polar surface area (TPSA) is 71.1 Å². The summed E-state index contributed by atoms with van der Waals surface area (Å²) in [6, 6.07) is 0. The van der Waals surface area contributed by atoms with E-state index in [0.29, 0.717) is 0 Å². The summed E-state index contributed by atoms with van der Waals surface area (Å²) in [6.45, 7) is 1.23. The van der Waals surface area contributed by atoms with Crippen LogP contribution in [0.1, 0.15) is 6.92 Å². The molecule has 0 saturated heterocycles. The van der Waals surface area contributed by atoms with Crippen molar-refractivity contribution in [2.45, 2.75) is 19.1 Å². The summed E-state index contributed by atoms with van der Waals surface area (Å²) in [5.74, 6) is -0.670. The van der Waals surface area contributed by atoms with Crippen LogP contribution in [0.4, 0.5) is 0 Å². The Balaban J connectivity index is 2.54. The molecule has 0 spiro atoms. The molecule has 0 saturated carbocycles. The number of hydrogen-bond donors (Lipinski definition) is 0. The van der Waals surface area contributed by atoms with E-state index in [1.54, 1.807) is 0 Å². The highest BCUT2D eigenvalue weighted by Crippen LogP contribution is 2.13. The fourth-order valence-corrected chi connectivity index (χ4v) is 1.21. The van der Waals surface area contributed by atoms with Crippen molar-refractivity contribution in [3.8, 4) is 0 Å². The van der Waals surface area contributed by atoms with Crippen LogP contribution in [-0.4, -0.2) is 44.5 Å². The molecule has 1 aliphatic heterocycles. The van der Waals surface area contributed by atoms with Crippen molar-refractivity contribution in [1.29, 1.82) is 0 Å². The molecule has 0 aromatic rings. The summed E-state index contributed by atoms with van der Waals surface area (Å²) in [4.78, 5) is 22.1. The SMILES string of the molecule is COCO[C@H]1C(=O)C=CO[C@@H]1COC(C)=O. The summed E-state index contributed by atoms with van der Waals surface area (Å²) in [5.41, 5.74) is 0. The van der Waals surface area contributed by atoms with Crippen LogP contribution >= 0.6 is 0 Å². The molecule has 1 heterocycles. The zero-order valence-electron chi connectivity index (χ0n) is 9.17. The lowest BCUT2D eigenvalue weighted by molar-refractivity contribution is -0.164. The average molecular weight is 230 g/mol. The predicted octanol–water partition coefficient (Wildman–Crippen LogP) is 0.0202. The van der Waals surface area contributed by atoms with Crippen LogP contribution in [-0.2, 0) is 28.5 Å². The van der Waals surface area contributed by atoms with Crippen LogP contribution in [0.15, 0.2) is 12.3 Å². The van der Waals surface area contributed by atoms with Gasteiger partial charge in [0.25, 0.3) is 0 Å². The van der Waals surface area contributed by atoms with Crippen molar-refractivity contribution in [3.63, 3.8) is 0 Å². The van der Waals surface area contributed by atoms with E-state index >= 15 is 0 Å². The van der Waals surface area contributed by atoms with Gasteiger partial charge in [0.05, 0.1) is 6.26 Å². The highest BCUT2D eigenvalue weighted by molar-refractivity contribution is 5.94. The molecule has 0 unspecified atom stereocenters. The quantitative estimate of drug-likeness (QED) is 0.490. The van der Waals surface area contributed by atoms with Gasteiger partial charge in [-0.3, -0.25) is 9.59 Å². The smallest absolute Gasteiger partial charge is 0.302 e. The van der Waals surface area contributed by atoms with Gasteiger partial charge in [-0.1, -0.05) is 0 Å². The summed E-state index contributed by atoms with van der Waals surface area (Å²) < 4.78 is 19.8. The number of ether oxygens (including phenoxy) is 4. The fourth-order valence-electron chi connectivity index (χ4n) is 1.21. The minimum atomic E-state index is -0.802. The van der Waals surface area contributed by atoms with E-state index in [1.165, 1.54) is 26.4 Å². The molecular formula is C10H14O6. The van der Waals surface area contributed by atoms with Gasteiger partial charge < -0.3 is 18.9 Å². The number of carbonyl (C=O) groups is 2. The Morgan fingerprint density at radius 2 is 2.31 bits per heavy atom. The van der Waals surface area contributed by atoms with Gasteiger partial charge in [0.2, 0.25) is 0 Å². The Bertz CT molecular complexity index is 285. The van der Waals surface area contributed by atoms with E-state index in [1.807, 2.05) is 0 Å². The van der Waals surface area contributed by atoms with E-state index in [4.69, 9.17) is 18.9 Å². The molecule has 1 rings (SSSR count). The van der Waals surface area contributed by atoms with E-state index in [2.05, 4.69) is 0 Å². The van der Waals surface area contributed by atoms with Gasteiger partial charge >= 0.3 is 5.97 Å². The largest absolute Gasteiger partial charge is 0.491 e. The molecule has 0 aromatic carbocycles. The Labute approximate surface area is 93.1 Å². The molecule has 6 nitrogen and oxygen atoms in total. The van der Waals surface area contributed by atoms with E-state index in [0.717, 1.165) is 0 Å². The van der Waals surface area contributed by atoms with Crippen LogP contribution in [0.25, 0.3) is 0 Å². The second-order valence-electron chi connectivity index (χ2n) is 3.18. The van der Waals surface area contributed by atoms with Crippen molar-refractivity contribution in [2.75, 3.05) is 20.5 Å². The van der Waals surface area contributed by atoms with Crippen LogP contribution in [0.5, 0.6) is 0 Å². The van der Waals surface area contributed by atoms with Crippen molar-refractivity contribution in [2.24, 2.45) is 0 Å². The zero-order chi connectivity index (χ0) is 12.0. The lowest BCUT2D eigenvalue weighted by atomic mass is 10.1. The molecule has 16 heavy (non-hydrogen) atoms. The molecular weight excluding hydrogens is 216 g/mol. The van der Waals surface area contributed by atoms with Gasteiger partial charge in [-0.2, -0.15) is 0 Å². The van der Waals surface area contributed by atoms with Gasteiger partial charge in [-0.15, -0.1) is 0 Å². The molecule has 0 radical (unpaired) electrons. The van der Waals surface area contributed by atoms with E-state index < -0.39 is 18.2 Å². The second kappa shape index (κ2) is 6.24. The Kier molecular flexibility index (Phi) is 4.94. The number of carbonyl (C=O) groups excluding carboxylic acids is 2.